The van der Waals surface area contributed by atoms with Crippen molar-refractivity contribution in [3.8, 4) is 0 Å². The van der Waals surface area contributed by atoms with E-state index in [1.807, 2.05) is 18.2 Å². The van der Waals surface area contributed by atoms with E-state index in [0.717, 1.165) is 16.7 Å². The van der Waals surface area contributed by atoms with Crippen LogP contribution in [-0.2, 0) is 12.2 Å². The predicted molar refractivity (Wildman–Crippen MR) is 65.3 cm³/mol. The van der Waals surface area contributed by atoms with E-state index in [-0.39, 0.29) is 6.61 Å². The molecular formula is C14H15NO2. The van der Waals surface area contributed by atoms with Crippen molar-refractivity contribution in [1.82, 2.24) is 4.98 Å². The van der Waals surface area contributed by atoms with Gasteiger partial charge in [-0.25, -0.2) is 0 Å². The van der Waals surface area contributed by atoms with Crippen molar-refractivity contribution in [2.45, 2.75) is 19.1 Å². The minimum Gasteiger partial charge on any atom is -0.392 e. The summed E-state index contributed by atoms with van der Waals surface area (Å²) in [5, 5.41) is 19.5. The van der Waals surface area contributed by atoms with Gasteiger partial charge in [-0.15, -0.1) is 0 Å². The summed E-state index contributed by atoms with van der Waals surface area (Å²) >= 11 is 0. The number of hydrogen-bond acceptors (Lipinski definition) is 3. The molecule has 0 spiro atoms. The molecule has 0 aliphatic carbocycles. The highest BCUT2D eigenvalue weighted by atomic mass is 16.3. The number of benzene rings is 1. The number of pyridine rings is 1. The lowest BCUT2D eigenvalue weighted by Gasteiger charge is -2.24. The second-order valence-corrected chi connectivity index (χ2v) is 4.17. The molecule has 17 heavy (non-hydrogen) atoms. The third kappa shape index (κ3) is 2.35. The normalized spacial score (nSPS) is 14.3. The van der Waals surface area contributed by atoms with Gasteiger partial charge in [0.2, 0.25) is 0 Å². The first-order valence-corrected chi connectivity index (χ1v) is 5.48. The Morgan fingerprint density at radius 1 is 1.12 bits per heavy atom. The van der Waals surface area contributed by atoms with E-state index >= 15 is 0 Å². The van der Waals surface area contributed by atoms with Gasteiger partial charge < -0.3 is 10.2 Å². The smallest absolute Gasteiger partial charge is 0.113 e. The Hall–Kier alpha value is -1.71. The van der Waals surface area contributed by atoms with Gasteiger partial charge in [0.15, 0.2) is 0 Å². The van der Waals surface area contributed by atoms with Crippen LogP contribution in [0.25, 0.3) is 0 Å². The summed E-state index contributed by atoms with van der Waals surface area (Å²) in [5.74, 6) is 0. The molecule has 0 saturated carbocycles. The molecule has 1 aromatic carbocycles. The first-order chi connectivity index (χ1) is 8.14. The van der Waals surface area contributed by atoms with Gasteiger partial charge in [-0.1, -0.05) is 30.3 Å². The summed E-state index contributed by atoms with van der Waals surface area (Å²) < 4.78 is 0. The minimum absolute atomic E-state index is 0.00924. The molecule has 2 N–H and O–H groups in total. The summed E-state index contributed by atoms with van der Waals surface area (Å²) in [4.78, 5) is 4.01. The first-order valence-electron chi connectivity index (χ1n) is 5.48. The number of hydrogen-bond donors (Lipinski definition) is 2. The maximum Gasteiger partial charge on any atom is 0.113 e. The van der Waals surface area contributed by atoms with Crippen molar-refractivity contribution in [3.63, 3.8) is 0 Å². The molecule has 1 atom stereocenters. The van der Waals surface area contributed by atoms with Crippen LogP contribution in [0.15, 0.2) is 48.8 Å². The Balaban J connectivity index is 2.37. The molecule has 88 valence electrons. The van der Waals surface area contributed by atoms with Crippen LogP contribution < -0.4 is 0 Å². The Morgan fingerprint density at radius 2 is 1.82 bits per heavy atom. The van der Waals surface area contributed by atoms with Crippen LogP contribution in [0, 0.1) is 0 Å². The van der Waals surface area contributed by atoms with Crippen molar-refractivity contribution in [2.24, 2.45) is 0 Å². The number of nitrogens with zero attached hydrogens (tertiary/aromatic N) is 1. The van der Waals surface area contributed by atoms with Gasteiger partial charge in [-0.2, -0.15) is 0 Å². The number of aromatic nitrogens is 1. The first kappa shape index (κ1) is 11.8. The van der Waals surface area contributed by atoms with Crippen LogP contribution in [0.1, 0.15) is 23.6 Å². The maximum absolute atomic E-state index is 10.5. The molecule has 3 heteroatoms. The predicted octanol–water partition coefficient (Wildman–Crippen LogP) is 1.83. The van der Waals surface area contributed by atoms with E-state index in [0.29, 0.717) is 0 Å². The van der Waals surface area contributed by atoms with Gasteiger partial charge in [-0.3, -0.25) is 4.98 Å². The Morgan fingerprint density at radius 3 is 2.35 bits per heavy atom. The molecule has 1 unspecified atom stereocenters. The molecule has 0 aliphatic heterocycles. The standard InChI is InChI=1S/C14H15NO2/c1-14(17,13-3-2-8-15-9-13)12-6-4-11(10-16)5-7-12/h2-9,16-17H,10H2,1H3. The second kappa shape index (κ2) is 4.65. The van der Waals surface area contributed by atoms with E-state index in [9.17, 15) is 5.11 Å². The molecule has 0 saturated heterocycles. The summed E-state index contributed by atoms with van der Waals surface area (Å²) in [6.45, 7) is 1.74. The van der Waals surface area contributed by atoms with Gasteiger partial charge in [0.1, 0.15) is 5.60 Å². The molecule has 0 amide bonds. The monoisotopic (exact) mass is 229 g/mol. The average Bonchev–Trinajstić information content (AvgIpc) is 2.40. The SMILES string of the molecule is CC(O)(c1ccc(CO)cc1)c1cccnc1. The highest BCUT2D eigenvalue weighted by Crippen LogP contribution is 2.28. The Bertz CT molecular complexity index is 477. The third-order valence-corrected chi connectivity index (χ3v) is 2.92. The fourth-order valence-corrected chi connectivity index (χ4v) is 1.75. The van der Waals surface area contributed by atoms with Crippen molar-refractivity contribution in [3.05, 3.63) is 65.5 Å². The topological polar surface area (TPSA) is 53.4 Å². The van der Waals surface area contributed by atoms with Crippen molar-refractivity contribution in [2.75, 3.05) is 0 Å². The minimum atomic E-state index is -1.07. The summed E-state index contributed by atoms with van der Waals surface area (Å²) in [7, 11) is 0. The number of aliphatic hydroxyl groups excluding tert-OH is 1. The molecule has 3 nitrogen and oxygen atoms in total. The molecular weight excluding hydrogens is 214 g/mol. The summed E-state index contributed by atoms with van der Waals surface area (Å²) in [6, 6.07) is 10.9. The lowest BCUT2D eigenvalue weighted by Crippen LogP contribution is -2.22. The van der Waals surface area contributed by atoms with Crippen molar-refractivity contribution < 1.29 is 10.2 Å². The van der Waals surface area contributed by atoms with Crippen LogP contribution in [-0.4, -0.2) is 15.2 Å². The van der Waals surface area contributed by atoms with Gasteiger partial charge in [0, 0.05) is 18.0 Å². The van der Waals surface area contributed by atoms with Crippen molar-refractivity contribution in [1.29, 1.82) is 0 Å². The number of rotatable bonds is 3. The maximum atomic E-state index is 10.5. The third-order valence-electron chi connectivity index (χ3n) is 2.92. The highest BCUT2D eigenvalue weighted by Gasteiger charge is 2.25. The lowest BCUT2D eigenvalue weighted by atomic mass is 9.89. The molecule has 0 fully saturated rings. The molecule has 0 radical (unpaired) electrons. The Labute approximate surface area is 100 Å². The van der Waals surface area contributed by atoms with Crippen LogP contribution >= 0.6 is 0 Å². The zero-order chi connectivity index (χ0) is 12.3. The van der Waals surface area contributed by atoms with Crippen LogP contribution in [0.5, 0.6) is 0 Å². The van der Waals surface area contributed by atoms with Crippen molar-refractivity contribution >= 4 is 0 Å². The van der Waals surface area contributed by atoms with E-state index in [1.54, 1.807) is 37.5 Å². The van der Waals surface area contributed by atoms with E-state index in [4.69, 9.17) is 5.11 Å². The van der Waals surface area contributed by atoms with Gasteiger partial charge >= 0.3 is 0 Å². The molecule has 2 rings (SSSR count). The summed E-state index contributed by atoms with van der Waals surface area (Å²) in [6.07, 6.45) is 3.33. The largest absolute Gasteiger partial charge is 0.392 e. The average molecular weight is 229 g/mol. The lowest BCUT2D eigenvalue weighted by molar-refractivity contribution is 0.102. The molecule has 0 bridgehead atoms. The quantitative estimate of drug-likeness (QED) is 0.844. The van der Waals surface area contributed by atoms with Gasteiger partial charge in [0.05, 0.1) is 6.61 Å². The van der Waals surface area contributed by atoms with Crippen LogP contribution in [0.2, 0.25) is 0 Å². The zero-order valence-electron chi connectivity index (χ0n) is 9.67. The molecule has 0 aliphatic rings. The van der Waals surface area contributed by atoms with Gasteiger partial charge in [-0.05, 0) is 24.1 Å². The molecule has 1 aromatic heterocycles. The highest BCUT2D eigenvalue weighted by molar-refractivity contribution is 5.35. The fourth-order valence-electron chi connectivity index (χ4n) is 1.75. The number of aliphatic hydroxyl groups is 2. The van der Waals surface area contributed by atoms with Crippen LogP contribution in [0.4, 0.5) is 0 Å². The fraction of sp³-hybridized carbons (Fsp3) is 0.214. The molecule has 1 heterocycles. The van der Waals surface area contributed by atoms with Crippen LogP contribution in [0.3, 0.4) is 0 Å². The van der Waals surface area contributed by atoms with E-state index in [1.165, 1.54) is 0 Å². The summed E-state index contributed by atoms with van der Waals surface area (Å²) in [5.41, 5.74) is 1.29. The Kier molecular flexibility index (Phi) is 3.22. The zero-order valence-corrected chi connectivity index (χ0v) is 9.67. The second-order valence-electron chi connectivity index (χ2n) is 4.17. The van der Waals surface area contributed by atoms with E-state index < -0.39 is 5.60 Å². The molecule has 2 aromatic rings. The van der Waals surface area contributed by atoms with Gasteiger partial charge in [0.25, 0.3) is 0 Å². The van der Waals surface area contributed by atoms with E-state index in [2.05, 4.69) is 4.98 Å².